The number of ether oxygens (including phenoxy) is 1. The number of carbonyl (C=O) groups excluding carboxylic acids is 2. The van der Waals surface area contributed by atoms with Crippen LogP contribution >= 0.6 is 0 Å². The van der Waals surface area contributed by atoms with E-state index in [1.165, 1.54) is 0 Å². The third kappa shape index (κ3) is 5.34. The molecule has 1 N–H and O–H groups in total. The minimum absolute atomic E-state index is 0.153. The number of nitrogens with one attached hydrogen (secondary N) is 1. The minimum Gasteiger partial charge on any atom is -0.368 e. The van der Waals surface area contributed by atoms with Crippen molar-refractivity contribution in [1.82, 2.24) is 5.32 Å². The smallest absolute Gasteiger partial charge is 0.253 e. The number of hydrogen-bond donors (Lipinski definition) is 1. The molecule has 0 radical (unpaired) electrons. The predicted octanol–water partition coefficient (Wildman–Crippen LogP) is 5.11. The van der Waals surface area contributed by atoms with E-state index >= 15 is 0 Å². The Kier molecular flexibility index (Phi) is 7.85. The lowest BCUT2D eigenvalue weighted by atomic mass is 9.95. The summed E-state index contributed by atoms with van der Waals surface area (Å²) < 4.78 is 5.96. The fraction of sp³-hybridized carbons (Fsp3) is 0.462. The minimum atomic E-state index is -0.755. The summed E-state index contributed by atoms with van der Waals surface area (Å²) in [6.45, 7) is 6.85. The lowest BCUT2D eigenvalue weighted by Crippen LogP contribution is -2.45. The Labute approximate surface area is 185 Å². The van der Waals surface area contributed by atoms with Crippen molar-refractivity contribution >= 4 is 17.5 Å². The number of fused-ring (bicyclic) bond motifs is 3. The van der Waals surface area contributed by atoms with Crippen LogP contribution in [-0.2, 0) is 14.3 Å². The average molecular weight is 423 g/mol. The maximum Gasteiger partial charge on any atom is 0.253 e. The Morgan fingerprint density at radius 3 is 2.45 bits per heavy atom. The zero-order valence-electron chi connectivity index (χ0n) is 19.1. The number of likely N-dealkylation sites (N-methyl/N-ethyl adjacent to an activating group) is 1. The van der Waals surface area contributed by atoms with Crippen molar-refractivity contribution < 1.29 is 14.3 Å². The van der Waals surface area contributed by atoms with Gasteiger partial charge in [0, 0.05) is 19.2 Å². The fourth-order valence-electron chi connectivity index (χ4n) is 4.06. The molecule has 2 amide bonds. The normalized spacial score (nSPS) is 16.5. The van der Waals surface area contributed by atoms with E-state index in [2.05, 4.69) is 26.1 Å². The number of para-hydroxylation sites is 1. The maximum atomic E-state index is 13.4. The van der Waals surface area contributed by atoms with Gasteiger partial charge in [-0.05, 0) is 36.0 Å². The molecule has 0 unspecified atom stereocenters. The molecular weight excluding hydrogens is 388 g/mol. The number of anilines is 1. The summed E-state index contributed by atoms with van der Waals surface area (Å²) in [6, 6.07) is 14.9. The summed E-state index contributed by atoms with van der Waals surface area (Å²) >= 11 is 0. The second kappa shape index (κ2) is 10.6. The van der Waals surface area contributed by atoms with Crippen LogP contribution in [-0.4, -0.2) is 31.6 Å². The van der Waals surface area contributed by atoms with E-state index in [1.807, 2.05) is 48.5 Å². The van der Waals surface area contributed by atoms with Gasteiger partial charge in [0.1, 0.15) is 12.1 Å². The van der Waals surface area contributed by atoms with Crippen LogP contribution in [0.25, 0.3) is 11.1 Å². The van der Waals surface area contributed by atoms with E-state index in [0.29, 0.717) is 18.9 Å². The molecule has 0 fully saturated rings. The van der Waals surface area contributed by atoms with Gasteiger partial charge in [-0.1, -0.05) is 76.1 Å². The molecule has 166 valence electrons. The predicted molar refractivity (Wildman–Crippen MR) is 125 cm³/mol. The Hall–Kier alpha value is -2.66. The Balaban J connectivity index is 1.88. The maximum absolute atomic E-state index is 13.4. The molecule has 0 bridgehead atoms. The van der Waals surface area contributed by atoms with E-state index in [4.69, 9.17) is 4.74 Å². The molecule has 31 heavy (non-hydrogen) atoms. The highest BCUT2D eigenvalue weighted by molar-refractivity contribution is 6.06. The zero-order chi connectivity index (χ0) is 22.4. The van der Waals surface area contributed by atoms with Crippen LogP contribution in [0.5, 0.6) is 0 Å². The van der Waals surface area contributed by atoms with Crippen molar-refractivity contribution in [2.24, 2.45) is 5.92 Å². The van der Waals surface area contributed by atoms with Gasteiger partial charge in [-0.15, -0.1) is 0 Å². The average Bonchev–Trinajstić information content (AvgIpc) is 2.85. The first-order valence-corrected chi connectivity index (χ1v) is 11.3. The molecule has 0 saturated heterocycles. The van der Waals surface area contributed by atoms with E-state index in [-0.39, 0.29) is 11.8 Å². The molecule has 1 aliphatic heterocycles. The first-order chi connectivity index (χ1) is 14.9. The van der Waals surface area contributed by atoms with Crippen LogP contribution in [0.15, 0.2) is 48.5 Å². The fourth-order valence-corrected chi connectivity index (χ4v) is 4.06. The summed E-state index contributed by atoms with van der Waals surface area (Å²) in [5.74, 6) is -0.0660. The highest BCUT2D eigenvalue weighted by Crippen LogP contribution is 2.39. The summed E-state index contributed by atoms with van der Waals surface area (Å²) in [5, 5.41) is 3.02. The Bertz CT molecular complexity index is 909. The number of benzene rings is 2. The van der Waals surface area contributed by atoms with Crippen LogP contribution in [0, 0.1) is 5.92 Å². The number of carbonyl (C=O) groups is 2. The quantitative estimate of drug-likeness (QED) is 0.572. The van der Waals surface area contributed by atoms with Gasteiger partial charge in [0.2, 0.25) is 5.91 Å². The highest BCUT2D eigenvalue weighted by atomic mass is 16.5. The standard InChI is InChI=1S/C26H34N2O3/c1-5-6-11-16-31-23(17-18(2)3)25(29)27-24-21-14-8-7-12-19(21)20-13-9-10-15-22(20)28(4)26(24)30/h7-10,12-15,18,23-24H,5-6,11,16-17H2,1-4H3,(H,27,29)/t23-,24-/m0/s1. The zero-order valence-corrected chi connectivity index (χ0v) is 19.1. The molecule has 0 spiro atoms. The third-order valence-electron chi connectivity index (χ3n) is 5.74. The van der Waals surface area contributed by atoms with Crippen molar-refractivity contribution in [3.63, 3.8) is 0 Å². The summed E-state index contributed by atoms with van der Waals surface area (Å²) in [7, 11) is 1.76. The van der Waals surface area contributed by atoms with E-state index in [0.717, 1.165) is 41.6 Å². The summed E-state index contributed by atoms with van der Waals surface area (Å²) in [6.07, 6.45) is 3.17. The van der Waals surface area contributed by atoms with Gasteiger partial charge < -0.3 is 15.0 Å². The van der Waals surface area contributed by atoms with Crippen LogP contribution < -0.4 is 10.2 Å². The van der Waals surface area contributed by atoms with Crippen molar-refractivity contribution in [3.8, 4) is 11.1 Å². The molecule has 0 saturated carbocycles. The Morgan fingerprint density at radius 1 is 1.06 bits per heavy atom. The molecule has 1 aliphatic rings. The molecule has 2 atom stereocenters. The molecule has 2 aromatic carbocycles. The van der Waals surface area contributed by atoms with Gasteiger partial charge in [0.15, 0.2) is 0 Å². The summed E-state index contributed by atoms with van der Waals surface area (Å²) in [5.41, 5.74) is 3.60. The number of amides is 2. The second-order valence-corrected chi connectivity index (χ2v) is 8.64. The van der Waals surface area contributed by atoms with Gasteiger partial charge in [-0.3, -0.25) is 9.59 Å². The van der Waals surface area contributed by atoms with Gasteiger partial charge in [-0.2, -0.15) is 0 Å². The molecule has 5 heteroatoms. The van der Waals surface area contributed by atoms with Crippen molar-refractivity contribution in [2.45, 2.75) is 58.6 Å². The summed E-state index contributed by atoms with van der Waals surface area (Å²) in [4.78, 5) is 28.3. The third-order valence-corrected chi connectivity index (χ3v) is 5.74. The Morgan fingerprint density at radius 2 is 1.74 bits per heavy atom. The second-order valence-electron chi connectivity index (χ2n) is 8.64. The van der Waals surface area contributed by atoms with E-state index < -0.39 is 12.1 Å². The lowest BCUT2D eigenvalue weighted by Gasteiger charge is -2.26. The molecule has 0 aromatic heterocycles. The van der Waals surface area contributed by atoms with Crippen LogP contribution in [0.1, 0.15) is 58.1 Å². The van der Waals surface area contributed by atoms with E-state index in [1.54, 1.807) is 11.9 Å². The largest absolute Gasteiger partial charge is 0.368 e. The molecule has 1 heterocycles. The van der Waals surface area contributed by atoms with Gasteiger partial charge in [0.05, 0.1) is 5.69 Å². The first kappa shape index (κ1) is 23.0. The number of hydrogen-bond acceptors (Lipinski definition) is 3. The first-order valence-electron chi connectivity index (χ1n) is 11.3. The van der Waals surface area contributed by atoms with Gasteiger partial charge in [-0.25, -0.2) is 0 Å². The SMILES string of the molecule is CCCCCO[C@@H](CC(C)C)C(=O)N[C@@H]1C(=O)N(C)c2ccccc2-c2ccccc21. The molecule has 2 aromatic rings. The van der Waals surface area contributed by atoms with Crippen molar-refractivity contribution in [1.29, 1.82) is 0 Å². The van der Waals surface area contributed by atoms with Crippen LogP contribution in [0.2, 0.25) is 0 Å². The molecule has 3 rings (SSSR count). The van der Waals surface area contributed by atoms with Crippen molar-refractivity contribution in [3.05, 3.63) is 54.1 Å². The number of unbranched alkanes of at least 4 members (excludes halogenated alkanes) is 2. The molecule has 0 aliphatic carbocycles. The van der Waals surface area contributed by atoms with Gasteiger partial charge in [0.25, 0.3) is 5.91 Å². The lowest BCUT2D eigenvalue weighted by molar-refractivity contribution is -0.137. The van der Waals surface area contributed by atoms with Gasteiger partial charge >= 0.3 is 0 Å². The van der Waals surface area contributed by atoms with Crippen molar-refractivity contribution in [2.75, 3.05) is 18.6 Å². The molecule has 5 nitrogen and oxygen atoms in total. The molecular formula is C26H34N2O3. The van der Waals surface area contributed by atoms with Crippen LogP contribution in [0.3, 0.4) is 0 Å². The monoisotopic (exact) mass is 422 g/mol. The van der Waals surface area contributed by atoms with Crippen LogP contribution in [0.4, 0.5) is 5.69 Å². The topological polar surface area (TPSA) is 58.6 Å². The number of rotatable bonds is 9. The van der Waals surface area contributed by atoms with E-state index in [9.17, 15) is 9.59 Å². The number of nitrogens with zero attached hydrogens (tertiary/aromatic N) is 1. The highest BCUT2D eigenvalue weighted by Gasteiger charge is 2.34.